The topological polar surface area (TPSA) is 51.2 Å². The van der Waals surface area contributed by atoms with Crippen molar-refractivity contribution in [2.45, 2.75) is 58.1 Å². The minimum atomic E-state index is 0.175. The molecule has 1 heterocycles. The van der Waals surface area contributed by atoms with Crippen molar-refractivity contribution < 1.29 is 9.53 Å². The lowest BCUT2D eigenvalue weighted by molar-refractivity contribution is -0.122. The number of amides is 1. The number of aromatic nitrogens is 1. The number of rotatable bonds is 5. The third-order valence-electron chi connectivity index (χ3n) is 3.56. The van der Waals surface area contributed by atoms with E-state index in [1.54, 1.807) is 6.20 Å². The van der Waals surface area contributed by atoms with Gasteiger partial charge in [-0.3, -0.25) is 4.79 Å². The fourth-order valence-corrected chi connectivity index (χ4v) is 2.57. The summed E-state index contributed by atoms with van der Waals surface area (Å²) in [5, 5.41) is 3.12. The molecule has 110 valence electrons. The van der Waals surface area contributed by atoms with Gasteiger partial charge in [0.05, 0.1) is 0 Å². The van der Waals surface area contributed by atoms with E-state index >= 15 is 0 Å². The Hall–Kier alpha value is -1.58. The zero-order chi connectivity index (χ0) is 14.4. The van der Waals surface area contributed by atoms with Crippen molar-refractivity contribution in [2.24, 2.45) is 5.92 Å². The summed E-state index contributed by atoms with van der Waals surface area (Å²) in [6.07, 6.45) is 6.51. The van der Waals surface area contributed by atoms with Crippen molar-refractivity contribution in [3.8, 4) is 5.88 Å². The van der Waals surface area contributed by atoms with Crippen LogP contribution in [0.25, 0.3) is 0 Å². The monoisotopic (exact) mass is 276 g/mol. The van der Waals surface area contributed by atoms with E-state index in [1.165, 1.54) is 0 Å². The van der Waals surface area contributed by atoms with Gasteiger partial charge in [0.2, 0.25) is 11.8 Å². The number of nitrogens with zero attached hydrogens (tertiary/aromatic N) is 1. The maximum absolute atomic E-state index is 11.7. The van der Waals surface area contributed by atoms with Gasteiger partial charge in [0.25, 0.3) is 0 Å². The lowest BCUT2D eigenvalue weighted by atomic mass is 9.92. The first kappa shape index (κ1) is 14.8. The van der Waals surface area contributed by atoms with Gasteiger partial charge in [-0.15, -0.1) is 0 Å². The van der Waals surface area contributed by atoms with Crippen LogP contribution in [0.5, 0.6) is 5.88 Å². The van der Waals surface area contributed by atoms with Crippen LogP contribution in [0.2, 0.25) is 0 Å². The molecule has 1 saturated carbocycles. The highest BCUT2D eigenvalue weighted by molar-refractivity contribution is 5.76. The summed E-state index contributed by atoms with van der Waals surface area (Å²) in [7, 11) is 0. The Labute approximate surface area is 120 Å². The van der Waals surface area contributed by atoms with Crippen LogP contribution >= 0.6 is 0 Å². The number of carbonyl (C=O) groups is 1. The van der Waals surface area contributed by atoms with Crippen molar-refractivity contribution in [3.63, 3.8) is 0 Å². The molecule has 4 nitrogen and oxygen atoms in total. The maximum atomic E-state index is 11.7. The van der Waals surface area contributed by atoms with Gasteiger partial charge in [-0.2, -0.15) is 0 Å². The standard InChI is InChI=1S/C16H24N2O2/c1-12(2)11-15(19)18-13-6-8-14(9-7-13)20-16-5-3-4-10-17-16/h3-5,10,12-14H,6-9,11H2,1-2H3,(H,18,19). The molecule has 0 aromatic carbocycles. The van der Waals surface area contributed by atoms with Gasteiger partial charge >= 0.3 is 0 Å². The molecule has 0 bridgehead atoms. The van der Waals surface area contributed by atoms with Gasteiger partial charge in [-0.25, -0.2) is 4.98 Å². The number of hydrogen-bond acceptors (Lipinski definition) is 3. The third kappa shape index (κ3) is 4.83. The fourth-order valence-electron chi connectivity index (χ4n) is 2.57. The minimum Gasteiger partial charge on any atom is -0.474 e. The third-order valence-corrected chi connectivity index (χ3v) is 3.56. The van der Waals surface area contributed by atoms with Crippen LogP contribution in [-0.4, -0.2) is 23.0 Å². The number of pyridine rings is 1. The first-order chi connectivity index (χ1) is 9.63. The second-order valence-corrected chi connectivity index (χ2v) is 5.92. The van der Waals surface area contributed by atoms with E-state index in [0.29, 0.717) is 24.3 Å². The van der Waals surface area contributed by atoms with Crippen LogP contribution in [-0.2, 0) is 4.79 Å². The Morgan fingerprint density at radius 1 is 1.35 bits per heavy atom. The van der Waals surface area contributed by atoms with Crippen LogP contribution < -0.4 is 10.1 Å². The van der Waals surface area contributed by atoms with E-state index in [-0.39, 0.29) is 12.0 Å². The lowest BCUT2D eigenvalue weighted by Gasteiger charge is -2.29. The quantitative estimate of drug-likeness (QED) is 0.899. The highest BCUT2D eigenvalue weighted by Crippen LogP contribution is 2.22. The summed E-state index contributed by atoms with van der Waals surface area (Å²) in [5.74, 6) is 1.28. The van der Waals surface area contributed by atoms with E-state index in [1.807, 2.05) is 18.2 Å². The molecule has 1 aliphatic rings. The number of nitrogens with one attached hydrogen (secondary N) is 1. The van der Waals surface area contributed by atoms with E-state index in [9.17, 15) is 4.79 Å². The van der Waals surface area contributed by atoms with Gasteiger partial charge in [-0.05, 0) is 37.7 Å². The van der Waals surface area contributed by atoms with E-state index in [2.05, 4.69) is 24.1 Å². The van der Waals surface area contributed by atoms with Gasteiger partial charge in [0, 0.05) is 24.7 Å². The highest BCUT2D eigenvalue weighted by atomic mass is 16.5. The van der Waals surface area contributed by atoms with Crippen LogP contribution in [0.15, 0.2) is 24.4 Å². The van der Waals surface area contributed by atoms with Crippen LogP contribution in [0.1, 0.15) is 46.0 Å². The molecule has 1 aromatic rings. The number of hydrogen-bond donors (Lipinski definition) is 1. The van der Waals surface area contributed by atoms with Crippen LogP contribution in [0, 0.1) is 5.92 Å². The van der Waals surface area contributed by atoms with Crippen LogP contribution in [0.4, 0.5) is 0 Å². The molecule has 1 amide bonds. The molecular weight excluding hydrogens is 252 g/mol. The molecule has 1 aromatic heterocycles. The molecular formula is C16H24N2O2. The second-order valence-electron chi connectivity index (χ2n) is 5.92. The summed E-state index contributed by atoms with van der Waals surface area (Å²) in [4.78, 5) is 15.9. The summed E-state index contributed by atoms with van der Waals surface area (Å²) in [6.45, 7) is 4.13. The Kier molecular flexibility index (Phi) is 5.39. The molecule has 1 N–H and O–H groups in total. The van der Waals surface area contributed by atoms with E-state index in [0.717, 1.165) is 25.7 Å². The highest BCUT2D eigenvalue weighted by Gasteiger charge is 2.23. The second kappa shape index (κ2) is 7.27. The first-order valence-electron chi connectivity index (χ1n) is 7.50. The van der Waals surface area contributed by atoms with Gasteiger partial charge in [-0.1, -0.05) is 19.9 Å². The SMILES string of the molecule is CC(C)CC(=O)NC1CCC(Oc2ccccn2)CC1. The molecule has 0 radical (unpaired) electrons. The lowest BCUT2D eigenvalue weighted by Crippen LogP contribution is -2.40. The van der Waals surface area contributed by atoms with E-state index < -0.39 is 0 Å². The van der Waals surface area contributed by atoms with Crippen molar-refractivity contribution in [3.05, 3.63) is 24.4 Å². The molecule has 0 aliphatic heterocycles. The van der Waals surface area contributed by atoms with Crippen LogP contribution in [0.3, 0.4) is 0 Å². The van der Waals surface area contributed by atoms with Gasteiger partial charge in [0.1, 0.15) is 6.10 Å². The smallest absolute Gasteiger partial charge is 0.220 e. The molecule has 2 rings (SSSR count). The largest absolute Gasteiger partial charge is 0.474 e. The fraction of sp³-hybridized carbons (Fsp3) is 0.625. The first-order valence-corrected chi connectivity index (χ1v) is 7.50. The summed E-state index contributed by atoms with van der Waals surface area (Å²) in [5.41, 5.74) is 0. The van der Waals surface area contributed by atoms with E-state index in [4.69, 9.17) is 4.74 Å². The van der Waals surface area contributed by atoms with Crippen molar-refractivity contribution in [2.75, 3.05) is 0 Å². The molecule has 20 heavy (non-hydrogen) atoms. The zero-order valence-corrected chi connectivity index (χ0v) is 12.3. The number of ether oxygens (including phenoxy) is 1. The summed E-state index contributed by atoms with van der Waals surface area (Å²) in [6, 6.07) is 6.01. The Morgan fingerprint density at radius 2 is 2.10 bits per heavy atom. The summed E-state index contributed by atoms with van der Waals surface area (Å²) < 4.78 is 5.85. The predicted octanol–water partition coefficient (Wildman–Crippen LogP) is 2.93. The molecule has 0 atom stereocenters. The number of carbonyl (C=O) groups excluding carboxylic acids is 1. The zero-order valence-electron chi connectivity index (χ0n) is 12.3. The Balaban J connectivity index is 1.71. The average molecular weight is 276 g/mol. The predicted molar refractivity (Wildman–Crippen MR) is 78.5 cm³/mol. The molecule has 1 fully saturated rings. The minimum absolute atomic E-state index is 0.175. The Bertz CT molecular complexity index is 412. The molecule has 1 aliphatic carbocycles. The summed E-state index contributed by atoms with van der Waals surface area (Å²) >= 11 is 0. The molecule has 0 unspecified atom stereocenters. The normalized spacial score (nSPS) is 22.6. The molecule has 0 spiro atoms. The molecule has 0 saturated heterocycles. The van der Waals surface area contributed by atoms with Crippen molar-refractivity contribution in [1.29, 1.82) is 0 Å². The van der Waals surface area contributed by atoms with Crippen molar-refractivity contribution in [1.82, 2.24) is 10.3 Å². The maximum Gasteiger partial charge on any atom is 0.220 e. The van der Waals surface area contributed by atoms with Crippen molar-refractivity contribution >= 4 is 5.91 Å². The Morgan fingerprint density at radius 3 is 2.70 bits per heavy atom. The van der Waals surface area contributed by atoms with Gasteiger partial charge < -0.3 is 10.1 Å². The van der Waals surface area contributed by atoms with Gasteiger partial charge in [0.15, 0.2) is 0 Å². The average Bonchev–Trinajstić information content (AvgIpc) is 2.41. The molecule has 4 heteroatoms.